The van der Waals surface area contributed by atoms with Gasteiger partial charge in [-0.05, 0) is 6.42 Å². The first kappa shape index (κ1) is 8.59. The van der Waals surface area contributed by atoms with E-state index in [4.69, 9.17) is 0 Å². The number of alkyl halides is 3. The van der Waals surface area contributed by atoms with E-state index in [0.29, 0.717) is 12.1 Å². The van der Waals surface area contributed by atoms with Crippen LogP contribution in [0.3, 0.4) is 0 Å². The van der Waals surface area contributed by atoms with Gasteiger partial charge in [0.15, 0.2) is 0 Å². The third-order valence-electron chi connectivity index (χ3n) is 1.76. The van der Waals surface area contributed by atoms with Crippen molar-refractivity contribution in [3.63, 3.8) is 0 Å². The Bertz CT molecular complexity index is 162. The molecule has 0 aliphatic carbocycles. The van der Waals surface area contributed by atoms with Crippen LogP contribution >= 0.6 is 0 Å². The lowest BCUT2D eigenvalue weighted by molar-refractivity contribution is -0.174. The molecule has 1 nitrogen and oxygen atoms in total. The highest BCUT2D eigenvalue weighted by Crippen LogP contribution is 2.31. The van der Waals surface area contributed by atoms with Gasteiger partial charge in [0.25, 0.3) is 0 Å². The molecule has 0 aromatic carbocycles. The maximum Gasteiger partial charge on any atom is 0.393 e. The van der Waals surface area contributed by atoms with E-state index in [0.717, 1.165) is 0 Å². The van der Waals surface area contributed by atoms with E-state index in [1.165, 1.54) is 0 Å². The van der Waals surface area contributed by atoms with Crippen LogP contribution < -0.4 is 5.32 Å². The number of rotatable bonds is 0. The Balaban J connectivity index is 2.53. The van der Waals surface area contributed by atoms with Crippen LogP contribution in [0.4, 0.5) is 13.2 Å². The van der Waals surface area contributed by atoms with Gasteiger partial charge in [0.2, 0.25) is 0 Å². The van der Waals surface area contributed by atoms with Gasteiger partial charge in [0.05, 0.1) is 5.92 Å². The number of halogens is 3. The molecular weight excluding hydrogens is 155 g/mol. The van der Waals surface area contributed by atoms with Crippen molar-refractivity contribution in [1.29, 1.82) is 0 Å². The molecule has 11 heavy (non-hydrogen) atoms. The Morgan fingerprint density at radius 3 is 2.45 bits per heavy atom. The van der Waals surface area contributed by atoms with Gasteiger partial charge in [-0.2, -0.15) is 13.2 Å². The van der Waals surface area contributed by atoms with E-state index in [2.05, 4.69) is 11.9 Å². The van der Waals surface area contributed by atoms with Gasteiger partial charge in [-0.15, -0.1) is 0 Å². The van der Waals surface area contributed by atoms with E-state index < -0.39 is 12.1 Å². The third-order valence-corrected chi connectivity index (χ3v) is 1.76. The maximum absolute atomic E-state index is 12.0. The number of hydrogen-bond acceptors (Lipinski definition) is 1. The summed E-state index contributed by atoms with van der Waals surface area (Å²) in [6.07, 6.45) is -3.99. The highest BCUT2D eigenvalue weighted by molar-refractivity contribution is 5.03. The van der Waals surface area contributed by atoms with Crippen LogP contribution in [0, 0.1) is 5.92 Å². The molecule has 0 aromatic heterocycles. The zero-order valence-corrected chi connectivity index (χ0v) is 6.04. The monoisotopic (exact) mass is 165 g/mol. The van der Waals surface area contributed by atoms with Gasteiger partial charge in [0, 0.05) is 13.1 Å². The molecule has 0 spiro atoms. The number of piperidine rings is 1. The van der Waals surface area contributed by atoms with Crippen LogP contribution in [0.5, 0.6) is 0 Å². The second-order valence-corrected chi connectivity index (χ2v) is 2.82. The molecule has 0 bridgehead atoms. The van der Waals surface area contributed by atoms with Crippen LogP contribution in [-0.2, 0) is 0 Å². The van der Waals surface area contributed by atoms with Crippen LogP contribution in [0.1, 0.15) is 6.42 Å². The van der Waals surface area contributed by atoms with Gasteiger partial charge < -0.3 is 5.32 Å². The smallest absolute Gasteiger partial charge is 0.312 e. The second kappa shape index (κ2) is 2.85. The van der Waals surface area contributed by atoms with E-state index in [-0.39, 0.29) is 13.0 Å². The van der Waals surface area contributed by atoms with Crippen LogP contribution in [0.2, 0.25) is 0 Å². The van der Waals surface area contributed by atoms with E-state index in [9.17, 15) is 13.2 Å². The highest BCUT2D eigenvalue weighted by atomic mass is 19.4. The highest BCUT2D eigenvalue weighted by Gasteiger charge is 2.40. The predicted molar refractivity (Wildman–Crippen MR) is 36.2 cm³/mol. The summed E-state index contributed by atoms with van der Waals surface area (Å²) in [5.41, 5.74) is 0.638. The average molecular weight is 165 g/mol. The van der Waals surface area contributed by atoms with Gasteiger partial charge in [0.1, 0.15) is 0 Å². The molecule has 1 aliphatic rings. The molecule has 1 rings (SSSR count). The van der Waals surface area contributed by atoms with Crippen LogP contribution in [0.15, 0.2) is 12.2 Å². The maximum atomic E-state index is 12.0. The fourth-order valence-electron chi connectivity index (χ4n) is 1.15. The topological polar surface area (TPSA) is 12.0 Å². The average Bonchev–Trinajstić information content (AvgIpc) is 1.86. The summed E-state index contributed by atoms with van der Waals surface area (Å²) in [4.78, 5) is 0. The first-order valence-electron chi connectivity index (χ1n) is 3.44. The van der Waals surface area contributed by atoms with Crippen LogP contribution in [-0.4, -0.2) is 19.3 Å². The van der Waals surface area contributed by atoms with Crippen molar-refractivity contribution < 1.29 is 13.2 Å². The van der Waals surface area contributed by atoms with Crippen molar-refractivity contribution in [2.75, 3.05) is 13.1 Å². The summed E-state index contributed by atoms with van der Waals surface area (Å²) in [5.74, 6) is -1.23. The second-order valence-electron chi connectivity index (χ2n) is 2.82. The molecule has 4 heteroatoms. The minimum atomic E-state index is -4.07. The van der Waals surface area contributed by atoms with E-state index in [1.807, 2.05) is 0 Å². The molecule has 64 valence electrons. The Hall–Kier alpha value is -0.510. The third kappa shape index (κ3) is 2.22. The molecule has 0 amide bonds. The normalized spacial score (nSPS) is 27.2. The Labute approximate surface area is 63.3 Å². The van der Waals surface area contributed by atoms with Gasteiger partial charge in [-0.3, -0.25) is 0 Å². The minimum Gasteiger partial charge on any atom is -0.312 e. The lowest BCUT2D eigenvalue weighted by Crippen LogP contribution is -2.39. The van der Waals surface area contributed by atoms with Crippen molar-refractivity contribution in [2.45, 2.75) is 12.6 Å². The standard InChI is InChI=1S/C7H10F3N/c1-5-2-6(4-11-3-5)7(8,9)10/h6,11H,1-4H2. The molecule has 1 aliphatic heterocycles. The first-order valence-corrected chi connectivity index (χ1v) is 3.44. The van der Waals surface area contributed by atoms with Crippen molar-refractivity contribution in [3.05, 3.63) is 12.2 Å². The molecular formula is C7H10F3N. The predicted octanol–water partition coefficient (Wildman–Crippen LogP) is 1.71. The van der Waals surface area contributed by atoms with E-state index >= 15 is 0 Å². The Kier molecular flexibility index (Phi) is 2.23. The molecule has 1 saturated heterocycles. The Morgan fingerprint density at radius 2 is 2.09 bits per heavy atom. The lowest BCUT2D eigenvalue weighted by atomic mass is 9.96. The Morgan fingerprint density at radius 1 is 1.45 bits per heavy atom. The van der Waals surface area contributed by atoms with Crippen molar-refractivity contribution in [1.82, 2.24) is 5.32 Å². The number of nitrogens with one attached hydrogen (secondary N) is 1. The van der Waals surface area contributed by atoms with Crippen LogP contribution in [0.25, 0.3) is 0 Å². The fraction of sp³-hybridized carbons (Fsp3) is 0.714. The minimum absolute atomic E-state index is 0.0303. The quantitative estimate of drug-likeness (QED) is 0.539. The van der Waals surface area contributed by atoms with Crippen molar-refractivity contribution in [3.8, 4) is 0 Å². The van der Waals surface area contributed by atoms with Crippen molar-refractivity contribution >= 4 is 0 Å². The summed E-state index contributed by atoms with van der Waals surface area (Å²) in [7, 11) is 0. The number of hydrogen-bond donors (Lipinski definition) is 1. The summed E-state index contributed by atoms with van der Waals surface area (Å²) in [6, 6.07) is 0. The molecule has 0 saturated carbocycles. The molecule has 0 aromatic rings. The largest absolute Gasteiger partial charge is 0.393 e. The van der Waals surface area contributed by atoms with Gasteiger partial charge in [-0.25, -0.2) is 0 Å². The zero-order valence-electron chi connectivity index (χ0n) is 6.04. The summed E-state index contributed by atoms with van der Waals surface area (Å²) < 4.78 is 36.1. The molecule has 1 heterocycles. The van der Waals surface area contributed by atoms with Gasteiger partial charge >= 0.3 is 6.18 Å². The SMILES string of the molecule is C=C1CNCC(C(F)(F)F)C1. The molecule has 0 radical (unpaired) electrons. The molecule has 1 N–H and O–H groups in total. The van der Waals surface area contributed by atoms with Gasteiger partial charge in [-0.1, -0.05) is 12.2 Å². The summed E-state index contributed by atoms with van der Waals surface area (Å²) >= 11 is 0. The first-order chi connectivity index (χ1) is 5.00. The summed E-state index contributed by atoms with van der Waals surface area (Å²) in [5, 5.41) is 2.67. The van der Waals surface area contributed by atoms with E-state index in [1.54, 1.807) is 0 Å². The molecule has 1 unspecified atom stereocenters. The fourth-order valence-corrected chi connectivity index (χ4v) is 1.15. The lowest BCUT2D eigenvalue weighted by Gasteiger charge is -2.26. The summed E-state index contributed by atoms with van der Waals surface area (Å²) in [6.45, 7) is 4.07. The molecule has 1 fully saturated rings. The van der Waals surface area contributed by atoms with Crippen molar-refractivity contribution in [2.24, 2.45) is 5.92 Å². The zero-order chi connectivity index (χ0) is 8.48. The molecule has 1 atom stereocenters.